The highest BCUT2D eigenvalue weighted by molar-refractivity contribution is 6.23. The summed E-state index contributed by atoms with van der Waals surface area (Å²) >= 11 is 0. The highest BCUT2D eigenvalue weighted by Crippen LogP contribution is 2.62. The Morgan fingerprint density at radius 1 is 1.03 bits per heavy atom. The molecule has 1 aromatic rings. The summed E-state index contributed by atoms with van der Waals surface area (Å²) in [6.45, 7) is 10.2. The predicted molar refractivity (Wildman–Crippen MR) is 135 cm³/mol. The van der Waals surface area contributed by atoms with Crippen molar-refractivity contribution in [2.24, 2.45) is 16.2 Å². The molecule has 0 aromatic heterocycles. The van der Waals surface area contributed by atoms with Crippen LogP contribution in [0.25, 0.3) is 5.76 Å². The number of hydrogen-bond acceptors (Lipinski definition) is 8. The first-order valence-corrected chi connectivity index (χ1v) is 12.4. The maximum absolute atomic E-state index is 13.9. The molecule has 0 aliphatic heterocycles. The second-order valence-corrected chi connectivity index (χ2v) is 12.7. The SMILES string of the molecule is CC(=O)C1=C(O)[C@]2(O)C(=O)C3=C(O)c4c(O)ccc(CC(=O)CC(C)(C)C)c4C[C@]3(C)C[C@]2(C)CC1=O. The number of phenols is 1. The van der Waals surface area contributed by atoms with Crippen LogP contribution in [0, 0.1) is 16.2 Å². The Kier molecular flexibility index (Phi) is 5.88. The van der Waals surface area contributed by atoms with Crippen LogP contribution in [0.4, 0.5) is 0 Å². The van der Waals surface area contributed by atoms with E-state index < -0.39 is 50.9 Å². The van der Waals surface area contributed by atoms with Gasteiger partial charge in [0.25, 0.3) is 0 Å². The zero-order chi connectivity index (χ0) is 27.9. The Morgan fingerprint density at radius 2 is 1.65 bits per heavy atom. The predicted octanol–water partition coefficient (Wildman–Crippen LogP) is 3.86. The Labute approximate surface area is 215 Å². The number of carbonyl (C=O) groups is 4. The van der Waals surface area contributed by atoms with Crippen LogP contribution in [0.15, 0.2) is 29.0 Å². The van der Waals surface area contributed by atoms with Crippen LogP contribution in [0.3, 0.4) is 0 Å². The lowest BCUT2D eigenvalue weighted by Crippen LogP contribution is -2.65. The number of aromatic hydroxyl groups is 1. The van der Waals surface area contributed by atoms with E-state index in [4.69, 9.17) is 0 Å². The van der Waals surface area contributed by atoms with Gasteiger partial charge in [-0.1, -0.05) is 40.7 Å². The summed E-state index contributed by atoms with van der Waals surface area (Å²) in [5.41, 5.74) is -5.00. The Balaban J connectivity index is 1.92. The molecule has 3 atom stereocenters. The van der Waals surface area contributed by atoms with E-state index in [1.807, 2.05) is 20.8 Å². The van der Waals surface area contributed by atoms with Gasteiger partial charge in [0.2, 0.25) is 5.78 Å². The normalized spacial score (nSPS) is 29.6. The van der Waals surface area contributed by atoms with Crippen LogP contribution in [-0.4, -0.2) is 49.2 Å². The third-order valence-corrected chi connectivity index (χ3v) is 8.12. The second-order valence-electron chi connectivity index (χ2n) is 12.7. The second kappa shape index (κ2) is 8.12. The van der Waals surface area contributed by atoms with Gasteiger partial charge >= 0.3 is 0 Å². The van der Waals surface area contributed by atoms with Crippen molar-refractivity contribution in [1.82, 2.24) is 0 Å². The van der Waals surface area contributed by atoms with E-state index >= 15 is 0 Å². The fraction of sp³-hybridized carbons (Fsp3) is 0.517. The van der Waals surface area contributed by atoms with Crippen LogP contribution < -0.4 is 0 Å². The molecule has 4 N–H and O–H groups in total. The molecule has 8 nitrogen and oxygen atoms in total. The van der Waals surface area contributed by atoms with E-state index in [-0.39, 0.29) is 53.8 Å². The van der Waals surface area contributed by atoms with Gasteiger partial charge in [-0.2, -0.15) is 0 Å². The number of ketones is 4. The van der Waals surface area contributed by atoms with Gasteiger partial charge in [-0.05, 0) is 42.4 Å². The number of aliphatic hydroxyl groups excluding tert-OH is 2. The fourth-order valence-corrected chi connectivity index (χ4v) is 6.75. The molecule has 0 saturated heterocycles. The summed E-state index contributed by atoms with van der Waals surface area (Å²) in [5, 5.41) is 44.7. The summed E-state index contributed by atoms with van der Waals surface area (Å²) in [4.78, 5) is 51.7. The minimum Gasteiger partial charge on any atom is -0.508 e. The molecule has 8 heteroatoms. The molecule has 1 saturated carbocycles. The minimum absolute atomic E-state index is 0.00874. The Hall–Kier alpha value is -3.26. The fourth-order valence-electron chi connectivity index (χ4n) is 6.75. The van der Waals surface area contributed by atoms with Crippen molar-refractivity contribution < 1.29 is 39.6 Å². The molecule has 37 heavy (non-hydrogen) atoms. The van der Waals surface area contributed by atoms with E-state index in [1.165, 1.54) is 13.0 Å². The van der Waals surface area contributed by atoms with Crippen molar-refractivity contribution in [3.05, 3.63) is 45.7 Å². The standard InChI is InChI=1S/C29H34O8/c1-14(30)20-19(33)12-28(6)13-27(5)11-17-15(9-16(31)10-26(2,3)4)7-8-18(32)21(17)23(34)22(27)25(36)29(28,37)24(20)35/h7-8,32,34-35,37H,9-13H2,1-6H3/t27-,28+,29+/m1/s1. The molecular formula is C29H34O8. The van der Waals surface area contributed by atoms with Gasteiger partial charge in [-0.15, -0.1) is 0 Å². The highest BCUT2D eigenvalue weighted by atomic mass is 16.3. The molecule has 0 amide bonds. The van der Waals surface area contributed by atoms with Crippen LogP contribution >= 0.6 is 0 Å². The van der Waals surface area contributed by atoms with Crippen molar-refractivity contribution in [3.8, 4) is 5.75 Å². The Morgan fingerprint density at radius 3 is 2.22 bits per heavy atom. The number of carbonyl (C=O) groups excluding carboxylic acids is 4. The van der Waals surface area contributed by atoms with E-state index in [0.717, 1.165) is 6.92 Å². The van der Waals surface area contributed by atoms with E-state index in [1.54, 1.807) is 13.0 Å². The first-order valence-electron chi connectivity index (χ1n) is 12.4. The lowest BCUT2D eigenvalue weighted by molar-refractivity contribution is -0.165. The van der Waals surface area contributed by atoms with Crippen molar-refractivity contribution >= 4 is 28.9 Å². The molecular weight excluding hydrogens is 476 g/mol. The van der Waals surface area contributed by atoms with Gasteiger partial charge in [0, 0.05) is 35.7 Å². The molecule has 1 fully saturated rings. The van der Waals surface area contributed by atoms with Crippen molar-refractivity contribution in [2.75, 3.05) is 0 Å². The topological polar surface area (TPSA) is 149 Å². The summed E-state index contributed by atoms with van der Waals surface area (Å²) in [7, 11) is 0. The van der Waals surface area contributed by atoms with E-state index in [9.17, 15) is 39.6 Å². The zero-order valence-electron chi connectivity index (χ0n) is 22.1. The first-order chi connectivity index (χ1) is 16.9. The van der Waals surface area contributed by atoms with Crippen molar-refractivity contribution in [2.45, 2.75) is 79.2 Å². The summed E-state index contributed by atoms with van der Waals surface area (Å²) in [6, 6.07) is 2.99. The van der Waals surface area contributed by atoms with Crippen LogP contribution in [0.2, 0.25) is 0 Å². The van der Waals surface area contributed by atoms with Crippen molar-refractivity contribution in [1.29, 1.82) is 0 Å². The lowest BCUT2D eigenvalue weighted by Gasteiger charge is -2.56. The maximum Gasteiger partial charge on any atom is 0.203 e. The van der Waals surface area contributed by atoms with Gasteiger partial charge < -0.3 is 20.4 Å². The Bertz CT molecular complexity index is 1340. The smallest absolute Gasteiger partial charge is 0.203 e. The van der Waals surface area contributed by atoms with E-state index in [2.05, 4.69) is 0 Å². The van der Waals surface area contributed by atoms with Crippen LogP contribution in [0.1, 0.15) is 77.5 Å². The summed E-state index contributed by atoms with van der Waals surface area (Å²) in [5.74, 6) is -4.27. The zero-order valence-corrected chi connectivity index (χ0v) is 22.1. The number of hydrogen-bond donors (Lipinski definition) is 4. The largest absolute Gasteiger partial charge is 0.508 e. The summed E-state index contributed by atoms with van der Waals surface area (Å²) < 4.78 is 0. The first kappa shape index (κ1) is 26.8. The van der Waals surface area contributed by atoms with Crippen LogP contribution in [0.5, 0.6) is 5.75 Å². The molecule has 0 radical (unpaired) electrons. The number of rotatable bonds is 4. The molecule has 1 aromatic carbocycles. The number of fused-ring (bicyclic) bond motifs is 3. The summed E-state index contributed by atoms with van der Waals surface area (Å²) in [6.07, 6.45) is 0.249. The molecule has 0 bridgehead atoms. The van der Waals surface area contributed by atoms with Gasteiger partial charge in [0.05, 0.1) is 5.56 Å². The maximum atomic E-state index is 13.9. The molecule has 0 unspecified atom stereocenters. The van der Waals surface area contributed by atoms with Gasteiger partial charge in [0.15, 0.2) is 17.2 Å². The molecule has 4 rings (SSSR count). The molecule has 0 spiro atoms. The number of phenolic OH excluding ortho intramolecular Hbond substituents is 1. The van der Waals surface area contributed by atoms with Gasteiger partial charge in [-0.25, -0.2) is 0 Å². The van der Waals surface area contributed by atoms with Gasteiger partial charge in [-0.3, -0.25) is 19.2 Å². The van der Waals surface area contributed by atoms with Crippen LogP contribution in [-0.2, 0) is 32.0 Å². The average molecular weight is 511 g/mol. The lowest BCUT2D eigenvalue weighted by atomic mass is 9.47. The molecule has 3 aliphatic carbocycles. The third kappa shape index (κ3) is 3.84. The van der Waals surface area contributed by atoms with Gasteiger partial charge in [0.1, 0.15) is 28.6 Å². The van der Waals surface area contributed by atoms with E-state index in [0.29, 0.717) is 17.5 Å². The highest BCUT2D eigenvalue weighted by Gasteiger charge is 2.68. The van der Waals surface area contributed by atoms with Crippen molar-refractivity contribution in [3.63, 3.8) is 0 Å². The number of aliphatic hydroxyl groups is 3. The average Bonchev–Trinajstić information content (AvgIpc) is 2.70. The number of Topliss-reactive ketones (excluding diaryl/α,β-unsaturated/α-hetero) is 4. The number of benzene rings is 1. The molecule has 0 heterocycles. The number of allylic oxidation sites excluding steroid dienone is 1. The minimum atomic E-state index is -2.60. The monoisotopic (exact) mass is 510 g/mol. The molecule has 3 aliphatic rings. The molecule has 198 valence electrons. The third-order valence-electron chi connectivity index (χ3n) is 8.12. The quantitative estimate of drug-likeness (QED) is 0.446.